The predicted octanol–water partition coefficient (Wildman–Crippen LogP) is 4.18. The second-order valence-corrected chi connectivity index (χ2v) is 6.75. The molecule has 5 rings (SSSR count). The van der Waals surface area contributed by atoms with E-state index < -0.39 is 0 Å². The van der Waals surface area contributed by atoms with Crippen molar-refractivity contribution in [2.75, 3.05) is 11.4 Å². The van der Waals surface area contributed by atoms with Crippen LogP contribution in [0.4, 0.5) is 14.9 Å². The molecule has 0 fully saturated rings. The average molecular weight is 385 g/mol. The summed E-state index contributed by atoms with van der Waals surface area (Å²) in [5.74, 6) is -0.337. The number of halogens is 1. The van der Waals surface area contributed by atoms with Crippen molar-refractivity contribution >= 4 is 11.7 Å². The molecule has 0 N–H and O–H groups in total. The van der Waals surface area contributed by atoms with Crippen LogP contribution >= 0.6 is 0 Å². The molecule has 1 amide bonds. The van der Waals surface area contributed by atoms with Gasteiger partial charge in [0.2, 0.25) is 0 Å². The number of nitrogens with zero attached hydrogens (tertiary/aromatic N) is 5. The van der Waals surface area contributed by atoms with E-state index in [1.807, 2.05) is 24.3 Å². The zero-order valence-corrected chi connectivity index (χ0v) is 15.4. The molecule has 0 saturated heterocycles. The highest BCUT2D eigenvalue weighted by Gasteiger charge is 2.29. The summed E-state index contributed by atoms with van der Waals surface area (Å²) >= 11 is 0. The fourth-order valence-corrected chi connectivity index (χ4v) is 3.64. The van der Waals surface area contributed by atoms with Gasteiger partial charge in [0.05, 0.1) is 0 Å². The molecule has 0 unspecified atom stereocenters. The highest BCUT2D eigenvalue weighted by molar-refractivity contribution is 5.98. The smallest absolute Gasteiger partial charge is 0.292 e. The van der Waals surface area contributed by atoms with Gasteiger partial charge in [-0.05, 0) is 54.4 Å². The van der Waals surface area contributed by atoms with Crippen molar-refractivity contribution in [3.63, 3.8) is 0 Å². The monoisotopic (exact) mass is 385 g/mol. The first-order chi connectivity index (χ1) is 14.2. The SMILES string of the molecule is O=C(N1CCc2ccccc21)n1nnc(-c2ccc(F)cc2)c1-c1ccncc1. The maximum absolute atomic E-state index is 13.4. The van der Waals surface area contributed by atoms with Gasteiger partial charge < -0.3 is 0 Å². The van der Waals surface area contributed by atoms with Gasteiger partial charge in [-0.1, -0.05) is 23.4 Å². The molecule has 6 nitrogen and oxygen atoms in total. The van der Waals surface area contributed by atoms with E-state index in [9.17, 15) is 9.18 Å². The van der Waals surface area contributed by atoms with Crippen molar-refractivity contribution in [2.45, 2.75) is 6.42 Å². The van der Waals surface area contributed by atoms with E-state index >= 15 is 0 Å². The van der Waals surface area contributed by atoms with Gasteiger partial charge in [0.15, 0.2) is 0 Å². The molecule has 0 spiro atoms. The number of fused-ring (bicyclic) bond motifs is 1. The summed E-state index contributed by atoms with van der Waals surface area (Å²) in [6.07, 6.45) is 4.10. The lowest BCUT2D eigenvalue weighted by Gasteiger charge is -2.18. The highest BCUT2D eigenvalue weighted by atomic mass is 19.1. The minimum absolute atomic E-state index is 0.275. The molecule has 29 heavy (non-hydrogen) atoms. The van der Waals surface area contributed by atoms with E-state index in [-0.39, 0.29) is 11.8 Å². The number of pyridine rings is 1. The highest BCUT2D eigenvalue weighted by Crippen LogP contribution is 2.33. The molecular weight excluding hydrogens is 369 g/mol. The van der Waals surface area contributed by atoms with Crippen molar-refractivity contribution in [1.82, 2.24) is 20.0 Å². The summed E-state index contributed by atoms with van der Waals surface area (Å²) in [6, 6.07) is 17.2. The second-order valence-electron chi connectivity index (χ2n) is 6.75. The summed E-state index contributed by atoms with van der Waals surface area (Å²) in [7, 11) is 0. The van der Waals surface area contributed by atoms with E-state index in [1.165, 1.54) is 16.8 Å². The van der Waals surface area contributed by atoms with Crippen LogP contribution in [0.15, 0.2) is 73.1 Å². The van der Waals surface area contributed by atoms with E-state index in [0.717, 1.165) is 23.2 Å². The van der Waals surface area contributed by atoms with Crippen molar-refractivity contribution < 1.29 is 9.18 Å². The van der Waals surface area contributed by atoms with Crippen LogP contribution in [0.1, 0.15) is 5.56 Å². The van der Waals surface area contributed by atoms with E-state index in [0.29, 0.717) is 23.5 Å². The van der Waals surface area contributed by atoms with Crippen LogP contribution in [0.25, 0.3) is 22.5 Å². The predicted molar refractivity (Wildman–Crippen MR) is 107 cm³/mol. The minimum Gasteiger partial charge on any atom is -0.292 e. The Morgan fingerprint density at radius 3 is 2.48 bits per heavy atom. The van der Waals surface area contributed by atoms with Gasteiger partial charge in [-0.15, -0.1) is 5.10 Å². The maximum atomic E-state index is 13.4. The Hall–Kier alpha value is -3.87. The molecule has 0 atom stereocenters. The van der Waals surface area contributed by atoms with Crippen LogP contribution in [0.2, 0.25) is 0 Å². The first-order valence-corrected chi connectivity index (χ1v) is 9.24. The van der Waals surface area contributed by atoms with Crippen molar-refractivity contribution in [3.05, 3.63) is 84.4 Å². The van der Waals surface area contributed by atoms with Gasteiger partial charge >= 0.3 is 6.03 Å². The Labute approximate surface area is 166 Å². The Morgan fingerprint density at radius 2 is 1.69 bits per heavy atom. The minimum atomic E-state index is -0.337. The molecular formula is C22H16FN5O. The Kier molecular flexibility index (Phi) is 4.13. The van der Waals surface area contributed by atoms with Gasteiger partial charge in [0, 0.05) is 35.8 Å². The van der Waals surface area contributed by atoms with Crippen molar-refractivity contribution in [3.8, 4) is 22.5 Å². The second kappa shape index (κ2) is 6.94. The topological polar surface area (TPSA) is 63.9 Å². The first kappa shape index (κ1) is 17.2. The summed E-state index contributed by atoms with van der Waals surface area (Å²) in [5, 5.41) is 8.43. The van der Waals surface area contributed by atoms with Crippen molar-refractivity contribution in [2.24, 2.45) is 0 Å². The first-order valence-electron chi connectivity index (χ1n) is 9.24. The number of rotatable bonds is 2. The summed E-state index contributed by atoms with van der Waals surface area (Å²) in [4.78, 5) is 19.2. The van der Waals surface area contributed by atoms with E-state index in [1.54, 1.807) is 41.6 Å². The number of hydrogen-bond acceptors (Lipinski definition) is 4. The Balaban J connectivity index is 1.64. The number of amides is 1. The largest absolute Gasteiger partial charge is 0.351 e. The third-order valence-electron chi connectivity index (χ3n) is 5.04. The number of anilines is 1. The van der Waals surface area contributed by atoms with Crippen LogP contribution in [0.5, 0.6) is 0 Å². The van der Waals surface area contributed by atoms with Gasteiger partial charge in [-0.25, -0.2) is 9.18 Å². The molecule has 0 saturated carbocycles. The van der Waals surface area contributed by atoms with E-state index in [2.05, 4.69) is 15.3 Å². The molecule has 4 aromatic rings. The summed E-state index contributed by atoms with van der Waals surface area (Å²) in [6.45, 7) is 0.583. The molecule has 7 heteroatoms. The molecule has 3 heterocycles. The molecule has 142 valence electrons. The lowest BCUT2D eigenvalue weighted by atomic mass is 10.1. The van der Waals surface area contributed by atoms with Gasteiger partial charge in [0.25, 0.3) is 0 Å². The fourth-order valence-electron chi connectivity index (χ4n) is 3.64. The summed E-state index contributed by atoms with van der Waals surface area (Å²) in [5.41, 5.74) is 4.51. The lowest BCUT2D eigenvalue weighted by Crippen LogP contribution is -2.34. The molecule has 0 aliphatic carbocycles. The molecule has 0 bridgehead atoms. The maximum Gasteiger partial charge on any atom is 0.351 e. The number of para-hydroxylation sites is 1. The van der Waals surface area contributed by atoms with Crippen LogP contribution in [-0.2, 0) is 6.42 Å². The third kappa shape index (κ3) is 2.97. The number of benzene rings is 2. The number of aromatic nitrogens is 4. The van der Waals surface area contributed by atoms with E-state index in [4.69, 9.17) is 0 Å². The standard InChI is InChI=1S/C22H16FN5O/c23-18-7-5-16(6-8-18)20-21(17-9-12-24-13-10-17)28(26-25-20)22(29)27-14-11-15-3-1-2-4-19(15)27/h1-10,12-13H,11,14H2. The quantitative estimate of drug-likeness (QED) is 0.519. The number of carbonyl (C=O) groups excluding carboxylic acids is 1. The zero-order valence-electron chi connectivity index (χ0n) is 15.4. The Morgan fingerprint density at radius 1 is 0.931 bits per heavy atom. The van der Waals surface area contributed by atoms with Crippen LogP contribution in [0.3, 0.4) is 0 Å². The van der Waals surface area contributed by atoms with Crippen molar-refractivity contribution in [1.29, 1.82) is 0 Å². The molecule has 1 aliphatic heterocycles. The normalized spacial score (nSPS) is 12.8. The van der Waals surface area contributed by atoms with Crippen LogP contribution < -0.4 is 4.90 Å². The third-order valence-corrected chi connectivity index (χ3v) is 5.04. The summed E-state index contributed by atoms with van der Waals surface area (Å²) < 4.78 is 14.7. The van der Waals surface area contributed by atoms with Crippen LogP contribution in [0, 0.1) is 5.82 Å². The number of carbonyl (C=O) groups is 1. The fraction of sp³-hybridized carbons (Fsp3) is 0.0909. The molecule has 2 aromatic carbocycles. The average Bonchev–Trinajstić information content (AvgIpc) is 3.39. The molecule has 1 aliphatic rings. The van der Waals surface area contributed by atoms with Gasteiger partial charge in [-0.3, -0.25) is 9.88 Å². The molecule has 2 aromatic heterocycles. The zero-order chi connectivity index (χ0) is 19.8. The molecule has 0 radical (unpaired) electrons. The Bertz CT molecular complexity index is 1190. The lowest BCUT2D eigenvalue weighted by molar-refractivity contribution is 0.245. The van der Waals surface area contributed by atoms with Gasteiger partial charge in [0.1, 0.15) is 17.2 Å². The number of hydrogen-bond donors (Lipinski definition) is 0. The van der Waals surface area contributed by atoms with Crippen LogP contribution in [-0.4, -0.2) is 32.6 Å². The van der Waals surface area contributed by atoms with Gasteiger partial charge in [-0.2, -0.15) is 4.68 Å².